The number of halogens is 6. The van der Waals surface area contributed by atoms with Gasteiger partial charge in [0.05, 0.1) is 25.3 Å². The zero-order valence-electron chi connectivity index (χ0n) is 19.1. The lowest BCUT2D eigenvalue weighted by Crippen LogP contribution is -2.47. The maximum Gasteiger partial charge on any atom is 0.416 e. The molecule has 3 aliphatic carbocycles. The van der Waals surface area contributed by atoms with Crippen LogP contribution in [0.3, 0.4) is 0 Å². The van der Waals surface area contributed by atoms with Crippen molar-refractivity contribution in [3.63, 3.8) is 0 Å². The van der Waals surface area contributed by atoms with Crippen LogP contribution in [-0.4, -0.2) is 26.2 Å². The normalized spacial score (nSPS) is 23.6. The molecular formula is C26H20F6O4. The molecule has 4 nitrogen and oxygen atoms in total. The molecule has 5 rings (SSSR count). The first-order chi connectivity index (χ1) is 16.8. The average Bonchev–Trinajstić information content (AvgIpc) is 2.86. The SMILES string of the molecule is COC(=O)[C@@]12C=C(c3cccc(C(F)(F)F)c3)[C@@](C(=O)OC)(C=C1c1cccc(C(F)(F)F)c1)CC2. The second kappa shape index (κ2) is 8.53. The summed E-state index contributed by atoms with van der Waals surface area (Å²) in [5, 5.41) is 0. The minimum absolute atomic E-state index is 0.0285. The molecule has 2 atom stereocenters. The standard InChI is InChI=1S/C26H20F6O4/c1-35-21(33)23-9-10-24(22(34)36-2,14-19(23)15-5-3-7-17(11-15)25(27,28)29)20(13-23)16-6-4-8-18(12-16)26(30,31)32/h3-8,11-14H,9-10H2,1-2H3/t23-,24-/m0/s1. The molecule has 36 heavy (non-hydrogen) atoms. The number of ether oxygens (including phenoxy) is 2. The van der Waals surface area contributed by atoms with E-state index in [-0.39, 0.29) is 35.1 Å². The maximum atomic E-state index is 13.4. The molecule has 0 saturated heterocycles. The van der Waals surface area contributed by atoms with Crippen LogP contribution in [0.15, 0.2) is 60.7 Å². The van der Waals surface area contributed by atoms with E-state index in [4.69, 9.17) is 9.47 Å². The van der Waals surface area contributed by atoms with E-state index >= 15 is 0 Å². The Labute approximate surface area is 202 Å². The smallest absolute Gasteiger partial charge is 0.416 e. The first-order valence-electron chi connectivity index (χ1n) is 10.8. The molecule has 190 valence electrons. The van der Waals surface area contributed by atoms with Gasteiger partial charge in [-0.1, -0.05) is 36.4 Å². The van der Waals surface area contributed by atoms with Crippen LogP contribution in [-0.2, 0) is 31.4 Å². The average molecular weight is 510 g/mol. The van der Waals surface area contributed by atoms with Gasteiger partial charge in [-0.2, -0.15) is 26.3 Å². The summed E-state index contributed by atoms with van der Waals surface area (Å²) < 4.78 is 90.6. The lowest BCUT2D eigenvalue weighted by molar-refractivity contribution is -0.152. The highest BCUT2D eigenvalue weighted by Gasteiger charge is 2.58. The van der Waals surface area contributed by atoms with E-state index in [1.54, 1.807) is 0 Å². The Morgan fingerprint density at radius 3 is 1.36 bits per heavy atom. The minimum Gasteiger partial charge on any atom is -0.468 e. The van der Waals surface area contributed by atoms with Crippen molar-refractivity contribution in [1.82, 2.24) is 0 Å². The lowest BCUT2D eigenvalue weighted by Gasteiger charge is -2.48. The number of fused-ring (bicyclic) bond motifs is 1. The number of esters is 2. The van der Waals surface area contributed by atoms with Crippen molar-refractivity contribution in [2.45, 2.75) is 25.2 Å². The predicted octanol–water partition coefficient (Wildman–Crippen LogP) is 6.32. The third-order valence-corrected chi connectivity index (χ3v) is 6.76. The Kier molecular flexibility index (Phi) is 6.05. The van der Waals surface area contributed by atoms with Gasteiger partial charge in [-0.05, 0) is 59.4 Å². The molecule has 0 unspecified atom stereocenters. The number of carbonyl (C=O) groups excluding carboxylic acids is 2. The van der Waals surface area contributed by atoms with Gasteiger partial charge in [0.1, 0.15) is 10.8 Å². The highest BCUT2D eigenvalue weighted by atomic mass is 19.4. The Morgan fingerprint density at radius 1 is 0.694 bits per heavy atom. The molecular weight excluding hydrogens is 490 g/mol. The largest absolute Gasteiger partial charge is 0.468 e. The van der Waals surface area contributed by atoms with E-state index in [9.17, 15) is 35.9 Å². The molecule has 0 saturated carbocycles. The fraction of sp³-hybridized carbons (Fsp3) is 0.308. The summed E-state index contributed by atoms with van der Waals surface area (Å²) in [4.78, 5) is 26.3. The van der Waals surface area contributed by atoms with Gasteiger partial charge >= 0.3 is 24.3 Å². The molecule has 3 aliphatic rings. The number of hydrogen-bond acceptors (Lipinski definition) is 4. The van der Waals surface area contributed by atoms with E-state index in [0.29, 0.717) is 0 Å². The summed E-state index contributed by atoms with van der Waals surface area (Å²) in [6.07, 6.45) is -6.71. The van der Waals surface area contributed by atoms with Crippen LogP contribution in [0.5, 0.6) is 0 Å². The molecule has 0 aliphatic heterocycles. The van der Waals surface area contributed by atoms with Crippen molar-refractivity contribution < 1.29 is 45.4 Å². The first kappa shape index (κ1) is 25.5. The molecule has 10 heteroatoms. The van der Waals surface area contributed by atoms with Crippen LogP contribution in [0.1, 0.15) is 35.1 Å². The van der Waals surface area contributed by atoms with E-state index < -0.39 is 46.2 Å². The molecule has 0 spiro atoms. The fourth-order valence-electron chi connectivity index (χ4n) is 5.03. The molecule has 0 N–H and O–H groups in total. The summed E-state index contributed by atoms with van der Waals surface area (Å²) >= 11 is 0. The fourth-order valence-corrected chi connectivity index (χ4v) is 5.03. The molecule has 0 amide bonds. The topological polar surface area (TPSA) is 52.6 Å². The van der Waals surface area contributed by atoms with Gasteiger partial charge in [-0.3, -0.25) is 9.59 Å². The van der Waals surface area contributed by atoms with Gasteiger partial charge in [0.2, 0.25) is 0 Å². The van der Waals surface area contributed by atoms with Crippen molar-refractivity contribution in [3.05, 3.63) is 82.9 Å². The highest BCUT2D eigenvalue weighted by Crippen LogP contribution is 2.61. The van der Waals surface area contributed by atoms with Crippen molar-refractivity contribution >= 4 is 23.1 Å². The Bertz CT molecular complexity index is 1190. The van der Waals surface area contributed by atoms with Crippen LogP contribution >= 0.6 is 0 Å². The number of alkyl halides is 6. The van der Waals surface area contributed by atoms with Gasteiger partial charge in [0, 0.05) is 0 Å². The van der Waals surface area contributed by atoms with Gasteiger partial charge in [-0.25, -0.2) is 0 Å². The molecule has 0 aromatic heterocycles. The molecule has 2 bridgehead atoms. The zero-order chi connectivity index (χ0) is 26.5. The zero-order valence-corrected chi connectivity index (χ0v) is 19.1. The number of hydrogen-bond donors (Lipinski definition) is 0. The predicted molar refractivity (Wildman–Crippen MR) is 117 cm³/mol. The van der Waals surface area contributed by atoms with Crippen LogP contribution in [0.4, 0.5) is 26.3 Å². The maximum absolute atomic E-state index is 13.4. The highest BCUT2D eigenvalue weighted by molar-refractivity contribution is 6.08. The summed E-state index contributed by atoms with van der Waals surface area (Å²) in [5.74, 6) is -1.62. The minimum atomic E-state index is -4.66. The van der Waals surface area contributed by atoms with Crippen LogP contribution in [0.25, 0.3) is 11.1 Å². The number of methoxy groups -OCH3 is 2. The third-order valence-electron chi connectivity index (χ3n) is 6.76. The first-order valence-corrected chi connectivity index (χ1v) is 10.8. The van der Waals surface area contributed by atoms with Crippen molar-refractivity contribution in [2.24, 2.45) is 10.8 Å². The van der Waals surface area contributed by atoms with Gasteiger partial charge in [0.25, 0.3) is 0 Å². The van der Waals surface area contributed by atoms with Crippen LogP contribution in [0.2, 0.25) is 0 Å². The van der Waals surface area contributed by atoms with E-state index in [0.717, 1.165) is 38.5 Å². The summed E-state index contributed by atoms with van der Waals surface area (Å²) in [6, 6.07) is 8.55. The monoisotopic (exact) mass is 510 g/mol. The van der Waals surface area contributed by atoms with Crippen LogP contribution < -0.4 is 0 Å². The third kappa shape index (κ3) is 3.98. The molecule has 0 heterocycles. The number of benzene rings is 2. The summed E-state index contributed by atoms with van der Waals surface area (Å²) in [6.45, 7) is 0. The van der Waals surface area contributed by atoms with Crippen molar-refractivity contribution in [2.75, 3.05) is 14.2 Å². The van der Waals surface area contributed by atoms with Gasteiger partial charge in [-0.15, -0.1) is 0 Å². The van der Waals surface area contributed by atoms with E-state index in [1.807, 2.05) is 0 Å². The Hall–Kier alpha value is -3.56. The van der Waals surface area contributed by atoms with E-state index in [2.05, 4.69) is 0 Å². The lowest BCUT2D eigenvalue weighted by atomic mass is 9.53. The van der Waals surface area contributed by atoms with Gasteiger partial charge in [0.15, 0.2) is 0 Å². The Morgan fingerprint density at radius 2 is 1.06 bits per heavy atom. The van der Waals surface area contributed by atoms with Crippen molar-refractivity contribution in [1.29, 1.82) is 0 Å². The molecule has 0 fully saturated rings. The molecule has 2 aromatic carbocycles. The Balaban J connectivity index is 2.00. The molecule has 0 radical (unpaired) electrons. The van der Waals surface area contributed by atoms with E-state index in [1.165, 1.54) is 36.4 Å². The quantitative estimate of drug-likeness (QED) is 0.357. The summed E-state index contributed by atoms with van der Waals surface area (Å²) in [7, 11) is 2.21. The summed E-state index contributed by atoms with van der Waals surface area (Å²) in [5.41, 5.74) is -4.93. The van der Waals surface area contributed by atoms with Crippen LogP contribution in [0, 0.1) is 10.8 Å². The second-order valence-corrected chi connectivity index (χ2v) is 8.70. The number of rotatable bonds is 4. The van der Waals surface area contributed by atoms with Crippen molar-refractivity contribution in [3.8, 4) is 0 Å². The molecule has 2 aromatic rings. The second-order valence-electron chi connectivity index (χ2n) is 8.70. The van der Waals surface area contributed by atoms with Gasteiger partial charge < -0.3 is 9.47 Å². The number of carbonyl (C=O) groups is 2.